The average Bonchev–Trinajstić information content (AvgIpc) is 2.58. The van der Waals surface area contributed by atoms with Gasteiger partial charge in [0.15, 0.2) is 0 Å². The Morgan fingerprint density at radius 1 is 1.19 bits per heavy atom. The van der Waals surface area contributed by atoms with Crippen molar-refractivity contribution in [2.75, 3.05) is 19.6 Å². The number of amides is 2. The molecule has 0 aromatic heterocycles. The van der Waals surface area contributed by atoms with Gasteiger partial charge >= 0.3 is 0 Å². The summed E-state index contributed by atoms with van der Waals surface area (Å²) in [4.78, 5) is 25.0. The zero-order valence-electron chi connectivity index (χ0n) is 14.9. The van der Waals surface area contributed by atoms with Crippen molar-refractivity contribution in [3.05, 3.63) is 39.9 Å². The summed E-state index contributed by atoms with van der Waals surface area (Å²) >= 11 is 11.8. The van der Waals surface area contributed by atoms with Crippen LogP contribution in [0.4, 0.5) is 0 Å². The minimum absolute atomic E-state index is 0.197. The summed E-state index contributed by atoms with van der Waals surface area (Å²) in [5.41, 5.74) is 5.52. The van der Waals surface area contributed by atoms with Gasteiger partial charge in [-0.15, -0.1) is 0 Å². The van der Waals surface area contributed by atoms with E-state index in [1.165, 1.54) is 11.0 Å². The molecule has 1 fully saturated rings. The van der Waals surface area contributed by atoms with E-state index in [1.807, 2.05) is 13.8 Å². The van der Waals surface area contributed by atoms with Gasteiger partial charge in [0.1, 0.15) is 25.3 Å². The molecule has 8 heteroatoms. The molecule has 0 aliphatic carbocycles. The lowest BCUT2D eigenvalue weighted by atomic mass is 10.2. The minimum Gasteiger partial charge on any atom is -0.364 e. The monoisotopic (exact) mass is 400 g/mol. The zero-order chi connectivity index (χ0) is 19.1. The molecule has 0 unspecified atom stereocenters. The van der Waals surface area contributed by atoms with Gasteiger partial charge in [0.05, 0.1) is 23.0 Å². The molecule has 1 aromatic rings. The van der Waals surface area contributed by atoms with Crippen molar-refractivity contribution < 1.29 is 19.2 Å². The highest BCUT2D eigenvalue weighted by atomic mass is 35.5. The average molecular weight is 401 g/mol. The smallest absolute Gasteiger partial charge is 0.262 e. The van der Waals surface area contributed by atoms with Crippen LogP contribution in [0.5, 0.6) is 0 Å². The van der Waals surface area contributed by atoms with Crippen LogP contribution < -0.4 is 15.8 Å². The Balaban J connectivity index is 1.70. The fourth-order valence-corrected chi connectivity index (χ4v) is 3.21. The maximum absolute atomic E-state index is 11.9. The van der Waals surface area contributed by atoms with E-state index >= 15 is 0 Å². The quantitative estimate of drug-likeness (QED) is 0.514. The maximum Gasteiger partial charge on any atom is 0.262 e. The van der Waals surface area contributed by atoms with Crippen molar-refractivity contribution in [3.63, 3.8) is 0 Å². The summed E-state index contributed by atoms with van der Waals surface area (Å²) in [6, 6.07) is 5.04. The molecular weight excluding hydrogens is 377 g/mol. The van der Waals surface area contributed by atoms with Crippen LogP contribution in [0.25, 0.3) is 6.08 Å². The predicted molar refractivity (Wildman–Crippen MR) is 102 cm³/mol. The van der Waals surface area contributed by atoms with Crippen LogP contribution in [0.3, 0.4) is 0 Å². The molecular formula is C18H24Cl2N3O3+. The number of benzene rings is 1. The topological polar surface area (TPSA) is 71.9 Å². The van der Waals surface area contributed by atoms with E-state index < -0.39 is 5.91 Å². The first-order valence-electron chi connectivity index (χ1n) is 8.54. The highest BCUT2D eigenvalue weighted by molar-refractivity contribution is 6.42. The van der Waals surface area contributed by atoms with Gasteiger partial charge < -0.3 is 9.64 Å². The lowest BCUT2D eigenvalue weighted by Crippen LogP contribution is -3.15. The standard InChI is InChI=1S/C18H23Cl2N3O3/c1-12-10-23(11-13(2)26-12)8-7-18(25)22-21-17(24)6-4-14-3-5-15(19)16(20)9-14/h3-6,9,12-13H,7-8,10-11H2,1-2H3,(H,21,24)(H,22,25)/p+1/b6-4+/t12-,13-/m0/s1. The Kier molecular flexibility index (Phi) is 7.90. The molecule has 1 aliphatic heterocycles. The Morgan fingerprint density at radius 3 is 2.54 bits per heavy atom. The first kappa shape index (κ1) is 20.7. The van der Waals surface area contributed by atoms with Crippen LogP contribution >= 0.6 is 23.2 Å². The number of rotatable bonds is 5. The van der Waals surface area contributed by atoms with Crippen molar-refractivity contribution in [1.29, 1.82) is 0 Å². The summed E-state index contributed by atoms with van der Waals surface area (Å²) in [6.45, 7) is 6.55. The van der Waals surface area contributed by atoms with Crippen molar-refractivity contribution >= 4 is 41.1 Å². The largest absolute Gasteiger partial charge is 0.364 e. The number of hydrazine groups is 1. The number of hydrogen-bond acceptors (Lipinski definition) is 3. The molecule has 26 heavy (non-hydrogen) atoms. The van der Waals surface area contributed by atoms with Gasteiger partial charge in [-0.2, -0.15) is 0 Å². The number of carbonyl (C=O) groups is 2. The molecule has 0 saturated carbocycles. The van der Waals surface area contributed by atoms with Crippen molar-refractivity contribution in [2.45, 2.75) is 32.5 Å². The highest BCUT2D eigenvalue weighted by Crippen LogP contribution is 2.22. The lowest BCUT2D eigenvalue weighted by Gasteiger charge is -2.32. The third-order valence-corrected chi connectivity index (χ3v) is 4.76. The van der Waals surface area contributed by atoms with Crippen LogP contribution in [0, 0.1) is 0 Å². The predicted octanol–water partition coefficient (Wildman–Crippen LogP) is 1.24. The number of quaternary nitrogens is 1. The molecule has 1 saturated heterocycles. The molecule has 3 N–H and O–H groups in total. The van der Waals surface area contributed by atoms with Gasteiger partial charge in [-0.05, 0) is 37.6 Å². The van der Waals surface area contributed by atoms with E-state index in [9.17, 15) is 9.59 Å². The molecule has 0 spiro atoms. The number of ether oxygens (including phenoxy) is 1. The number of morpholine rings is 1. The molecule has 0 radical (unpaired) electrons. The van der Waals surface area contributed by atoms with Crippen molar-refractivity contribution in [2.24, 2.45) is 0 Å². The summed E-state index contributed by atoms with van der Waals surface area (Å²) in [5, 5.41) is 0.864. The Morgan fingerprint density at radius 2 is 1.88 bits per heavy atom. The maximum atomic E-state index is 11.9. The zero-order valence-corrected chi connectivity index (χ0v) is 16.4. The van der Waals surface area contributed by atoms with E-state index in [1.54, 1.807) is 24.3 Å². The Hall–Kier alpha value is -1.60. The second-order valence-electron chi connectivity index (χ2n) is 6.46. The van der Waals surface area contributed by atoms with Gasteiger partial charge in [-0.25, -0.2) is 0 Å². The van der Waals surface area contributed by atoms with E-state index in [4.69, 9.17) is 27.9 Å². The molecule has 1 aliphatic rings. The fourth-order valence-electron chi connectivity index (χ4n) is 2.91. The van der Waals surface area contributed by atoms with E-state index in [2.05, 4.69) is 10.9 Å². The fraction of sp³-hybridized carbons (Fsp3) is 0.444. The molecule has 0 bridgehead atoms. The van der Waals surface area contributed by atoms with Gasteiger partial charge in [-0.3, -0.25) is 20.4 Å². The van der Waals surface area contributed by atoms with Crippen LogP contribution in [0.15, 0.2) is 24.3 Å². The Labute approximate surface area is 163 Å². The summed E-state index contributed by atoms with van der Waals surface area (Å²) < 4.78 is 5.68. The molecule has 1 heterocycles. The lowest BCUT2D eigenvalue weighted by molar-refractivity contribution is -0.914. The van der Waals surface area contributed by atoms with Crippen molar-refractivity contribution in [1.82, 2.24) is 10.9 Å². The third-order valence-electron chi connectivity index (χ3n) is 4.02. The van der Waals surface area contributed by atoms with Gasteiger partial charge in [0.25, 0.3) is 5.91 Å². The second kappa shape index (κ2) is 9.92. The molecule has 2 amide bonds. The van der Waals surface area contributed by atoms with Crippen LogP contribution in [0.1, 0.15) is 25.8 Å². The third kappa shape index (κ3) is 6.96. The highest BCUT2D eigenvalue weighted by Gasteiger charge is 2.25. The van der Waals surface area contributed by atoms with Crippen LogP contribution in [-0.2, 0) is 14.3 Å². The van der Waals surface area contributed by atoms with Gasteiger partial charge in [0.2, 0.25) is 5.91 Å². The summed E-state index contributed by atoms with van der Waals surface area (Å²) in [5.74, 6) is -0.647. The Bertz CT molecular complexity index is 672. The van der Waals surface area contributed by atoms with E-state index in [-0.39, 0.29) is 18.1 Å². The number of carbonyl (C=O) groups excluding carboxylic acids is 2. The molecule has 142 valence electrons. The first-order chi connectivity index (χ1) is 12.3. The van der Waals surface area contributed by atoms with Crippen LogP contribution in [0.2, 0.25) is 10.0 Å². The van der Waals surface area contributed by atoms with Crippen molar-refractivity contribution in [3.8, 4) is 0 Å². The van der Waals surface area contributed by atoms with E-state index in [0.29, 0.717) is 23.0 Å². The molecule has 2 atom stereocenters. The van der Waals surface area contributed by atoms with Gasteiger partial charge in [-0.1, -0.05) is 29.3 Å². The number of nitrogens with one attached hydrogen (secondary N) is 3. The number of halogens is 2. The SMILES string of the molecule is C[C@H]1C[NH+](CCC(=O)NNC(=O)/C=C/c2ccc(Cl)c(Cl)c2)C[C@H](C)O1. The first-order valence-corrected chi connectivity index (χ1v) is 9.30. The normalized spacial score (nSPS) is 23.0. The summed E-state index contributed by atoms with van der Waals surface area (Å²) in [6.07, 6.45) is 3.64. The summed E-state index contributed by atoms with van der Waals surface area (Å²) in [7, 11) is 0. The molecule has 2 rings (SSSR count). The van der Waals surface area contributed by atoms with Gasteiger partial charge in [0, 0.05) is 6.08 Å². The minimum atomic E-state index is -0.426. The molecule has 1 aromatic carbocycles. The number of hydrogen-bond donors (Lipinski definition) is 3. The van der Waals surface area contributed by atoms with Crippen LogP contribution in [-0.4, -0.2) is 43.7 Å². The second-order valence-corrected chi connectivity index (χ2v) is 7.27. The van der Waals surface area contributed by atoms with E-state index in [0.717, 1.165) is 18.7 Å². The molecule has 6 nitrogen and oxygen atoms in total.